The Balaban J connectivity index is 1.31. The molecule has 33 heavy (non-hydrogen) atoms. The number of piperazine rings is 1. The largest absolute Gasteiger partial charge is 0.339 e. The van der Waals surface area contributed by atoms with Gasteiger partial charge in [0.1, 0.15) is 5.69 Å². The zero-order valence-electron chi connectivity index (χ0n) is 18.5. The summed E-state index contributed by atoms with van der Waals surface area (Å²) in [5, 5.41) is 4.76. The molecule has 7 heteroatoms. The van der Waals surface area contributed by atoms with Crippen molar-refractivity contribution in [2.45, 2.75) is 19.3 Å². The summed E-state index contributed by atoms with van der Waals surface area (Å²) in [6.45, 7) is 2.37. The molecule has 5 rings (SSSR count). The number of aromatic nitrogens is 3. The minimum Gasteiger partial charge on any atom is -0.339 e. The summed E-state index contributed by atoms with van der Waals surface area (Å²) in [6, 6.07) is 13.7. The molecule has 1 aromatic carbocycles. The van der Waals surface area contributed by atoms with Gasteiger partial charge in [0.15, 0.2) is 0 Å². The van der Waals surface area contributed by atoms with Crippen LogP contribution in [-0.4, -0.2) is 62.6 Å². The van der Waals surface area contributed by atoms with Crippen molar-refractivity contribution in [3.05, 3.63) is 72.7 Å². The Morgan fingerprint density at radius 1 is 0.939 bits per heavy atom. The Morgan fingerprint density at radius 2 is 1.70 bits per heavy atom. The molecule has 0 unspecified atom stereocenters. The van der Waals surface area contributed by atoms with Crippen LogP contribution < -0.4 is 0 Å². The van der Waals surface area contributed by atoms with E-state index in [4.69, 9.17) is 5.10 Å². The predicted molar refractivity (Wildman–Crippen MR) is 126 cm³/mol. The van der Waals surface area contributed by atoms with Crippen LogP contribution in [0, 0.1) is 5.92 Å². The zero-order valence-corrected chi connectivity index (χ0v) is 18.5. The summed E-state index contributed by atoms with van der Waals surface area (Å²) in [6.07, 6.45) is 12.0. The molecule has 0 N–H and O–H groups in total. The van der Waals surface area contributed by atoms with Crippen LogP contribution in [0.4, 0.5) is 0 Å². The number of carbonyl (C=O) groups excluding carboxylic acids is 2. The third-order valence-corrected chi connectivity index (χ3v) is 6.46. The van der Waals surface area contributed by atoms with Gasteiger partial charge in [-0.3, -0.25) is 14.6 Å². The number of pyridine rings is 1. The highest BCUT2D eigenvalue weighted by Gasteiger charge is 2.31. The second-order valence-corrected chi connectivity index (χ2v) is 8.57. The lowest BCUT2D eigenvalue weighted by Gasteiger charge is -2.37. The van der Waals surface area contributed by atoms with Crippen molar-refractivity contribution in [2.75, 3.05) is 26.2 Å². The minimum atomic E-state index is -0.0460. The van der Waals surface area contributed by atoms with Crippen LogP contribution in [0.15, 0.2) is 67.1 Å². The van der Waals surface area contributed by atoms with Gasteiger partial charge in [0, 0.05) is 67.9 Å². The molecule has 2 amide bonds. The molecule has 1 aliphatic heterocycles. The molecule has 7 nitrogen and oxygen atoms in total. The van der Waals surface area contributed by atoms with Crippen LogP contribution in [0.25, 0.3) is 23.0 Å². The lowest BCUT2D eigenvalue weighted by molar-refractivity contribution is -0.142. The molecule has 2 aromatic heterocycles. The monoisotopic (exact) mass is 441 g/mol. The third kappa shape index (κ3) is 4.58. The van der Waals surface area contributed by atoms with Crippen molar-refractivity contribution >= 4 is 17.9 Å². The summed E-state index contributed by atoms with van der Waals surface area (Å²) in [4.78, 5) is 33.3. The second-order valence-electron chi connectivity index (χ2n) is 8.57. The molecule has 3 heterocycles. The van der Waals surface area contributed by atoms with E-state index < -0.39 is 0 Å². The second kappa shape index (κ2) is 9.40. The molecule has 0 atom stereocenters. The van der Waals surface area contributed by atoms with Crippen molar-refractivity contribution in [3.8, 4) is 16.9 Å². The fourth-order valence-electron chi connectivity index (χ4n) is 4.28. The molecule has 1 saturated carbocycles. The molecule has 0 bridgehead atoms. The van der Waals surface area contributed by atoms with Gasteiger partial charge in [-0.1, -0.05) is 24.6 Å². The van der Waals surface area contributed by atoms with Crippen LogP contribution in [0.2, 0.25) is 0 Å². The lowest BCUT2D eigenvalue weighted by Crippen LogP contribution is -2.52. The van der Waals surface area contributed by atoms with Crippen LogP contribution in [0.5, 0.6) is 0 Å². The van der Waals surface area contributed by atoms with Crippen LogP contribution in [0.1, 0.15) is 24.8 Å². The highest BCUT2D eigenvalue weighted by molar-refractivity contribution is 5.93. The first-order chi connectivity index (χ1) is 16.2. The average molecular weight is 442 g/mol. The van der Waals surface area contributed by atoms with Gasteiger partial charge in [0.05, 0.1) is 5.69 Å². The highest BCUT2D eigenvalue weighted by Crippen LogP contribution is 2.28. The minimum absolute atomic E-state index is 0.0460. The molecule has 0 spiro atoms. The fraction of sp³-hybridized carbons (Fsp3) is 0.308. The van der Waals surface area contributed by atoms with Crippen LogP contribution in [-0.2, 0) is 9.59 Å². The smallest absolute Gasteiger partial charge is 0.246 e. The number of carbonyl (C=O) groups is 2. The van der Waals surface area contributed by atoms with Crippen molar-refractivity contribution in [1.82, 2.24) is 24.6 Å². The van der Waals surface area contributed by atoms with Crippen molar-refractivity contribution in [3.63, 3.8) is 0 Å². The number of amides is 2. The number of hydrogen-bond acceptors (Lipinski definition) is 4. The Bertz CT molecular complexity index is 1140. The maximum absolute atomic E-state index is 12.9. The Labute approximate surface area is 193 Å². The van der Waals surface area contributed by atoms with Gasteiger partial charge in [-0.05, 0) is 43.2 Å². The molecule has 2 fully saturated rings. The van der Waals surface area contributed by atoms with Gasteiger partial charge in [-0.15, -0.1) is 0 Å². The quantitative estimate of drug-likeness (QED) is 0.569. The van der Waals surface area contributed by atoms with Crippen molar-refractivity contribution < 1.29 is 9.59 Å². The van der Waals surface area contributed by atoms with Gasteiger partial charge in [0.2, 0.25) is 11.8 Å². The third-order valence-electron chi connectivity index (χ3n) is 6.46. The van der Waals surface area contributed by atoms with E-state index in [9.17, 15) is 9.59 Å². The molecule has 3 aromatic rings. The molecular formula is C26H27N5O2. The van der Waals surface area contributed by atoms with Gasteiger partial charge >= 0.3 is 0 Å². The van der Waals surface area contributed by atoms with E-state index in [0.717, 1.165) is 41.8 Å². The van der Waals surface area contributed by atoms with Crippen LogP contribution in [0.3, 0.4) is 0 Å². The van der Waals surface area contributed by atoms with E-state index in [-0.39, 0.29) is 17.7 Å². The van der Waals surface area contributed by atoms with E-state index in [2.05, 4.69) is 4.98 Å². The maximum atomic E-state index is 12.9. The number of hydrogen-bond donors (Lipinski definition) is 0. The van der Waals surface area contributed by atoms with Crippen molar-refractivity contribution in [2.24, 2.45) is 5.92 Å². The Morgan fingerprint density at radius 3 is 2.36 bits per heavy atom. The first-order valence-corrected chi connectivity index (χ1v) is 11.5. The zero-order chi connectivity index (χ0) is 22.6. The van der Waals surface area contributed by atoms with Gasteiger partial charge in [-0.25, -0.2) is 4.68 Å². The SMILES string of the molecule is O=C(/C=C/c1cn(-c2ccccc2)nc1-c1cccnc1)N1CCN(C(=O)C2CCC2)CC1. The van der Waals surface area contributed by atoms with Gasteiger partial charge in [0.25, 0.3) is 0 Å². The normalized spacial score (nSPS) is 16.7. The summed E-state index contributed by atoms with van der Waals surface area (Å²) < 4.78 is 1.82. The van der Waals surface area contributed by atoms with E-state index >= 15 is 0 Å². The van der Waals surface area contributed by atoms with E-state index in [1.54, 1.807) is 18.5 Å². The number of benzene rings is 1. The molecule has 1 saturated heterocycles. The summed E-state index contributed by atoms with van der Waals surface area (Å²) in [5.74, 6) is 0.424. The average Bonchev–Trinajstić information content (AvgIpc) is 3.27. The standard InChI is InChI=1S/C26H27N5O2/c32-24(29-14-16-30(17-15-29)26(33)20-6-4-7-20)12-11-22-19-31(23-9-2-1-3-10-23)28-25(22)21-8-5-13-27-18-21/h1-3,5,8-13,18-20H,4,6-7,14-17H2/b12-11+. The molecule has 0 radical (unpaired) electrons. The first kappa shape index (κ1) is 21.1. The van der Waals surface area contributed by atoms with Gasteiger partial charge in [-0.2, -0.15) is 5.10 Å². The summed E-state index contributed by atoms with van der Waals surface area (Å²) in [5.41, 5.74) is 3.45. The van der Waals surface area contributed by atoms with E-state index in [1.165, 1.54) is 0 Å². The number of rotatable bonds is 5. The molecule has 2 aliphatic rings. The number of para-hydroxylation sites is 1. The van der Waals surface area contributed by atoms with Crippen molar-refractivity contribution in [1.29, 1.82) is 0 Å². The van der Waals surface area contributed by atoms with E-state index in [0.29, 0.717) is 26.2 Å². The van der Waals surface area contributed by atoms with E-state index in [1.807, 2.05) is 69.2 Å². The highest BCUT2D eigenvalue weighted by atomic mass is 16.2. The Hall–Kier alpha value is -3.74. The predicted octanol–water partition coefficient (Wildman–Crippen LogP) is 3.42. The topological polar surface area (TPSA) is 71.3 Å². The maximum Gasteiger partial charge on any atom is 0.246 e. The lowest BCUT2D eigenvalue weighted by atomic mass is 9.84. The molecule has 168 valence electrons. The van der Waals surface area contributed by atoms with Gasteiger partial charge < -0.3 is 9.80 Å². The molecular weight excluding hydrogens is 414 g/mol. The number of nitrogens with zero attached hydrogens (tertiary/aromatic N) is 5. The summed E-state index contributed by atoms with van der Waals surface area (Å²) in [7, 11) is 0. The first-order valence-electron chi connectivity index (χ1n) is 11.5. The Kier molecular flexibility index (Phi) is 6.02. The summed E-state index contributed by atoms with van der Waals surface area (Å²) >= 11 is 0. The van der Waals surface area contributed by atoms with Crippen LogP contribution >= 0.6 is 0 Å². The molecule has 1 aliphatic carbocycles. The fourth-order valence-corrected chi connectivity index (χ4v) is 4.28.